The fourth-order valence-corrected chi connectivity index (χ4v) is 2.27. The van der Waals surface area contributed by atoms with Gasteiger partial charge >= 0.3 is 0 Å². The van der Waals surface area contributed by atoms with Gasteiger partial charge in [0.1, 0.15) is 17.2 Å². The number of benzene rings is 2. The SMILES string of the molecule is Cc1ccc(F)c(NC(C)c2cc3ccccc3o2)c1. The van der Waals surface area contributed by atoms with Gasteiger partial charge in [-0.15, -0.1) is 0 Å². The summed E-state index contributed by atoms with van der Waals surface area (Å²) in [5.74, 6) is 0.547. The topological polar surface area (TPSA) is 25.2 Å². The molecule has 20 heavy (non-hydrogen) atoms. The zero-order valence-corrected chi connectivity index (χ0v) is 11.5. The second-order valence-corrected chi connectivity index (χ2v) is 5.04. The van der Waals surface area contributed by atoms with Crippen molar-refractivity contribution in [2.45, 2.75) is 19.9 Å². The van der Waals surface area contributed by atoms with Gasteiger partial charge in [0, 0.05) is 5.39 Å². The average molecular weight is 269 g/mol. The first-order valence-corrected chi connectivity index (χ1v) is 6.64. The molecule has 1 heterocycles. The lowest BCUT2D eigenvalue weighted by Crippen LogP contribution is -2.07. The quantitative estimate of drug-likeness (QED) is 0.719. The minimum Gasteiger partial charge on any atom is -0.459 e. The summed E-state index contributed by atoms with van der Waals surface area (Å²) in [5, 5.41) is 4.22. The highest BCUT2D eigenvalue weighted by Crippen LogP contribution is 2.27. The molecule has 0 bridgehead atoms. The molecule has 2 aromatic carbocycles. The monoisotopic (exact) mass is 269 g/mol. The molecular formula is C17H16FNO. The molecule has 2 nitrogen and oxygen atoms in total. The molecule has 0 fully saturated rings. The number of fused-ring (bicyclic) bond motifs is 1. The highest BCUT2D eigenvalue weighted by Gasteiger charge is 2.13. The van der Waals surface area contributed by atoms with E-state index in [1.165, 1.54) is 6.07 Å². The van der Waals surface area contributed by atoms with E-state index in [4.69, 9.17) is 4.42 Å². The van der Waals surface area contributed by atoms with Crippen LogP contribution in [0.4, 0.5) is 10.1 Å². The van der Waals surface area contributed by atoms with E-state index in [0.717, 1.165) is 22.3 Å². The van der Waals surface area contributed by atoms with Crippen LogP contribution in [0.25, 0.3) is 11.0 Å². The smallest absolute Gasteiger partial charge is 0.146 e. The van der Waals surface area contributed by atoms with Gasteiger partial charge in [0.15, 0.2) is 0 Å². The van der Waals surface area contributed by atoms with Gasteiger partial charge in [-0.25, -0.2) is 4.39 Å². The minimum atomic E-state index is -0.251. The first-order valence-electron chi connectivity index (χ1n) is 6.64. The molecule has 0 aliphatic rings. The number of aryl methyl sites for hydroxylation is 1. The summed E-state index contributed by atoms with van der Waals surface area (Å²) in [7, 11) is 0. The summed E-state index contributed by atoms with van der Waals surface area (Å²) in [5.41, 5.74) is 2.37. The van der Waals surface area contributed by atoms with Gasteiger partial charge in [0.2, 0.25) is 0 Å². The van der Waals surface area contributed by atoms with Crippen molar-refractivity contribution in [3.05, 3.63) is 65.7 Å². The molecule has 0 saturated heterocycles. The van der Waals surface area contributed by atoms with Crippen LogP contribution in [0.3, 0.4) is 0 Å². The van der Waals surface area contributed by atoms with Gasteiger partial charge in [0.25, 0.3) is 0 Å². The van der Waals surface area contributed by atoms with Crippen LogP contribution in [-0.4, -0.2) is 0 Å². The summed E-state index contributed by atoms with van der Waals surface area (Å²) in [4.78, 5) is 0. The van der Waals surface area contributed by atoms with Gasteiger partial charge in [-0.1, -0.05) is 24.3 Å². The Labute approximate surface area is 117 Å². The molecular weight excluding hydrogens is 253 g/mol. The average Bonchev–Trinajstić information content (AvgIpc) is 2.87. The predicted octanol–water partition coefficient (Wildman–Crippen LogP) is 5.05. The molecule has 3 aromatic rings. The zero-order chi connectivity index (χ0) is 14.1. The van der Waals surface area contributed by atoms with Crippen molar-refractivity contribution in [3.8, 4) is 0 Å². The number of nitrogens with one attached hydrogen (secondary N) is 1. The molecule has 1 N–H and O–H groups in total. The molecule has 102 valence electrons. The zero-order valence-electron chi connectivity index (χ0n) is 11.5. The van der Waals surface area contributed by atoms with E-state index in [9.17, 15) is 4.39 Å². The number of para-hydroxylation sites is 1. The summed E-state index contributed by atoms with van der Waals surface area (Å²) in [6.45, 7) is 3.90. The van der Waals surface area contributed by atoms with Crippen LogP contribution in [0, 0.1) is 12.7 Å². The van der Waals surface area contributed by atoms with Crippen molar-refractivity contribution in [2.75, 3.05) is 5.32 Å². The van der Waals surface area contributed by atoms with E-state index in [1.807, 2.05) is 44.2 Å². The molecule has 0 radical (unpaired) electrons. The lowest BCUT2D eigenvalue weighted by atomic mass is 10.1. The van der Waals surface area contributed by atoms with Gasteiger partial charge in [-0.2, -0.15) is 0 Å². The lowest BCUT2D eigenvalue weighted by molar-refractivity contribution is 0.524. The first kappa shape index (κ1) is 12.7. The van der Waals surface area contributed by atoms with Crippen LogP contribution in [0.15, 0.2) is 52.9 Å². The van der Waals surface area contributed by atoms with Gasteiger partial charge in [0.05, 0.1) is 11.7 Å². The number of halogens is 1. The lowest BCUT2D eigenvalue weighted by Gasteiger charge is -2.14. The van der Waals surface area contributed by atoms with E-state index in [1.54, 1.807) is 12.1 Å². The van der Waals surface area contributed by atoms with Crippen molar-refractivity contribution in [1.29, 1.82) is 0 Å². The Morgan fingerprint density at radius 3 is 2.70 bits per heavy atom. The fourth-order valence-electron chi connectivity index (χ4n) is 2.27. The van der Waals surface area contributed by atoms with Crippen molar-refractivity contribution >= 4 is 16.7 Å². The summed E-state index contributed by atoms with van der Waals surface area (Å²) in [6.07, 6.45) is 0. The molecule has 1 aromatic heterocycles. The van der Waals surface area contributed by atoms with Crippen LogP contribution in [0.2, 0.25) is 0 Å². The van der Waals surface area contributed by atoms with Crippen LogP contribution in [0.1, 0.15) is 24.3 Å². The number of furan rings is 1. The molecule has 3 heteroatoms. The molecule has 0 amide bonds. The molecule has 0 saturated carbocycles. The summed E-state index contributed by atoms with van der Waals surface area (Å²) >= 11 is 0. The van der Waals surface area contributed by atoms with Gasteiger partial charge in [-0.3, -0.25) is 0 Å². The van der Waals surface area contributed by atoms with Crippen LogP contribution < -0.4 is 5.32 Å². The summed E-state index contributed by atoms with van der Waals surface area (Å²) in [6, 6.07) is 14.8. The number of anilines is 1. The van der Waals surface area contributed by atoms with Gasteiger partial charge < -0.3 is 9.73 Å². The molecule has 0 aliphatic carbocycles. The van der Waals surface area contributed by atoms with Crippen LogP contribution >= 0.6 is 0 Å². The van der Waals surface area contributed by atoms with E-state index in [2.05, 4.69) is 5.32 Å². The standard InChI is InChI=1S/C17H16FNO/c1-11-7-8-14(18)15(9-11)19-12(2)17-10-13-5-3-4-6-16(13)20-17/h3-10,12,19H,1-2H3. The Morgan fingerprint density at radius 1 is 1.10 bits per heavy atom. The molecule has 3 rings (SSSR count). The molecule has 0 spiro atoms. The minimum absolute atomic E-state index is 0.0984. The van der Waals surface area contributed by atoms with Crippen molar-refractivity contribution in [3.63, 3.8) is 0 Å². The van der Waals surface area contributed by atoms with Gasteiger partial charge in [-0.05, 0) is 43.7 Å². The normalized spacial score (nSPS) is 12.6. The Kier molecular flexibility index (Phi) is 3.18. The largest absolute Gasteiger partial charge is 0.459 e. The maximum absolute atomic E-state index is 13.8. The maximum atomic E-state index is 13.8. The number of rotatable bonds is 3. The number of hydrogen-bond donors (Lipinski definition) is 1. The van der Waals surface area contributed by atoms with Crippen LogP contribution in [0.5, 0.6) is 0 Å². The Balaban J connectivity index is 1.88. The van der Waals surface area contributed by atoms with Crippen molar-refractivity contribution in [1.82, 2.24) is 0 Å². The first-order chi connectivity index (χ1) is 9.63. The maximum Gasteiger partial charge on any atom is 0.146 e. The Hall–Kier alpha value is -2.29. The second-order valence-electron chi connectivity index (χ2n) is 5.04. The fraction of sp³-hybridized carbons (Fsp3) is 0.176. The molecule has 1 unspecified atom stereocenters. The molecule has 0 aliphatic heterocycles. The third-order valence-electron chi connectivity index (χ3n) is 3.37. The van der Waals surface area contributed by atoms with Crippen LogP contribution in [-0.2, 0) is 0 Å². The van der Waals surface area contributed by atoms with E-state index in [0.29, 0.717) is 5.69 Å². The Bertz CT molecular complexity index is 715. The van der Waals surface area contributed by atoms with Crippen molar-refractivity contribution in [2.24, 2.45) is 0 Å². The second kappa shape index (κ2) is 5.00. The van der Waals surface area contributed by atoms with E-state index >= 15 is 0 Å². The van der Waals surface area contributed by atoms with Crippen molar-refractivity contribution < 1.29 is 8.81 Å². The third-order valence-corrected chi connectivity index (χ3v) is 3.37. The third kappa shape index (κ3) is 2.39. The Morgan fingerprint density at radius 2 is 1.90 bits per heavy atom. The summed E-state index contributed by atoms with van der Waals surface area (Å²) < 4.78 is 19.5. The van der Waals surface area contributed by atoms with E-state index in [-0.39, 0.29) is 11.9 Å². The molecule has 1 atom stereocenters. The van der Waals surface area contributed by atoms with E-state index < -0.39 is 0 Å². The predicted molar refractivity (Wildman–Crippen MR) is 79.4 cm³/mol. The highest BCUT2D eigenvalue weighted by molar-refractivity contribution is 5.77. The highest BCUT2D eigenvalue weighted by atomic mass is 19.1. The number of hydrogen-bond acceptors (Lipinski definition) is 2.